The van der Waals surface area contributed by atoms with Crippen molar-refractivity contribution < 1.29 is 23.7 Å². The standard InChI is InChI=1S/C26H19ClN4O6S/c1-36-23-14-15(10-11-19(23)29-24(32)16-6-2-4-8-18(16)27)28-26(38)30-25(33)22-13-12-21(37-22)17-7-3-5-9-20(17)31(34)35/h2-14H,1H3,(H,29,32)(H2,28,30,33,38). The second kappa shape index (κ2) is 11.5. The van der Waals surface area contributed by atoms with Gasteiger partial charge in [-0.2, -0.15) is 0 Å². The predicted molar refractivity (Wildman–Crippen MR) is 147 cm³/mol. The number of nitro benzene ring substituents is 1. The molecular formula is C26H19ClN4O6S. The molecule has 0 spiro atoms. The molecule has 0 aliphatic rings. The van der Waals surface area contributed by atoms with Crippen molar-refractivity contribution in [3.05, 3.63) is 105 Å². The fourth-order valence-electron chi connectivity index (χ4n) is 3.48. The van der Waals surface area contributed by atoms with Gasteiger partial charge in [-0.05, 0) is 54.7 Å². The molecule has 0 aliphatic heterocycles. The van der Waals surface area contributed by atoms with Crippen molar-refractivity contribution >= 4 is 57.8 Å². The topological polar surface area (TPSA) is 136 Å². The van der Waals surface area contributed by atoms with Crippen LogP contribution in [0.3, 0.4) is 0 Å². The van der Waals surface area contributed by atoms with E-state index in [-0.39, 0.29) is 27.9 Å². The van der Waals surface area contributed by atoms with Crippen LogP contribution in [0.5, 0.6) is 5.75 Å². The summed E-state index contributed by atoms with van der Waals surface area (Å²) in [5.41, 5.74) is 1.28. The maximum Gasteiger partial charge on any atom is 0.293 e. The van der Waals surface area contributed by atoms with E-state index >= 15 is 0 Å². The maximum atomic E-state index is 12.6. The Hall–Kier alpha value is -4.74. The highest BCUT2D eigenvalue weighted by molar-refractivity contribution is 7.80. The second-order valence-corrected chi connectivity index (χ2v) is 8.51. The minimum absolute atomic E-state index is 0.0338. The van der Waals surface area contributed by atoms with Crippen LogP contribution in [0.1, 0.15) is 20.9 Å². The molecule has 1 heterocycles. The number of carbonyl (C=O) groups excluding carboxylic acids is 2. The zero-order valence-corrected chi connectivity index (χ0v) is 21.3. The van der Waals surface area contributed by atoms with Crippen molar-refractivity contribution in [3.63, 3.8) is 0 Å². The van der Waals surface area contributed by atoms with Crippen LogP contribution < -0.4 is 20.7 Å². The van der Waals surface area contributed by atoms with Crippen molar-refractivity contribution in [1.29, 1.82) is 0 Å². The molecule has 10 nitrogen and oxygen atoms in total. The number of furan rings is 1. The van der Waals surface area contributed by atoms with E-state index in [1.807, 2.05) is 0 Å². The van der Waals surface area contributed by atoms with E-state index < -0.39 is 16.7 Å². The quantitative estimate of drug-likeness (QED) is 0.147. The number of nitro groups is 1. The zero-order valence-electron chi connectivity index (χ0n) is 19.7. The zero-order chi connectivity index (χ0) is 27.2. The first-order chi connectivity index (χ1) is 18.3. The van der Waals surface area contributed by atoms with Crippen LogP contribution in [-0.4, -0.2) is 29.0 Å². The number of para-hydroxylation sites is 1. The molecule has 38 heavy (non-hydrogen) atoms. The molecular weight excluding hydrogens is 532 g/mol. The first kappa shape index (κ1) is 26.3. The van der Waals surface area contributed by atoms with Crippen molar-refractivity contribution in [2.24, 2.45) is 0 Å². The van der Waals surface area contributed by atoms with Crippen molar-refractivity contribution in [2.45, 2.75) is 0 Å². The SMILES string of the molecule is COc1cc(NC(=S)NC(=O)c2ccc(-c3ccccc3[N+](=O)[O-])o2)ccc1NC(=O)c1ccccc1Cl. The molecule has 0 radical (unpaired) electrons. The maximum absolute atomic E-state index is 12.6. The summed E-state index contributed by atoms with van der Waals surface area (Å²) in [7, 11) is 1.44. The van der Waals surface area contributed by atoms with Gasteiger partial charge < -0.3 is 19.8 Å². The van der Waals surface area contributed by atoms with Gasteiger partial charge in [0.2, 0.25) is 0 Å². The molecule has 1 aromatic heterocycles. The molecule has 0 fully saturated rings. The average molecular weight is 551 g/mol. The van der Waals surface area contributed by atoms with E-state index in [9.17, 15) is 19.7 Å². The summed E-state index contributed by atoms with van der Waals surface area (Å²) in [5, 5.41) is 19.6. The molecule has 2 amide bonds. The third-order valence-electron chi connectivity index (χ3n) is 5.25. The highest BCUT2D eigenvalue weighted by Gasteiger charge is 2.20. The van der Waals surface area contributed by atoms with Crippen LogP contribution in [0.25, 0.3) is 11.3 Å². The molecule has 3 N–H and O–H groups in total. The molecule has 0 aliphatic carbocycles. The number of amides is 2. The van der Waals surface area contributed by atoms with E-state index in [1.165, 1.54) is 37.4 Å². The largest absolute Gasteiger partial charge is 0.494 e. The van der Waals surface area contributed by atoms with E-state index in [4.69, 9.17) is 33.0 Å². The van der Waals surface area contributed by atoms with Crippen LogP contribution in [0, 0.1) is 10.1 Å². The van der Waals surface area contributed by atoms with E-state index in [2.05, 4.69) is 16.0 Å². The normalized spacial score (nSPS) is 10.4. The molecule has 0 unspecified atom stereocenters. The van der Waals surface area contributed by atoms with Gasteiger partial charge in [0, 0.05) is 17.8 Å². The summed E-state index contributed by atoms with van der Waals surface area (Å²) in [4.78, 5) is 36.0. The van der Waals surface area contributed by atoms with Crippen molar-refractivity contribution in [3.8, 4) is 17.1 Å². The van der Waals surface area contributed by atoms with Crippen LogP contribution in [0.4, 0.5) is 17.1 Å². The fraction of sp³-hybridized carbons (Fsp3) is 0.0385. The highest BCUT2D eigenvalue weighted by atomic mass is 35.5. The third-order valence-corrected chi connectivity index (χ3v) is 5.78. The minimum atomic E-state index is -0.650. The molecule has 0 bridgehead atoms. The predicted octanol–water partition coefficient (Wildman–Crippen LogP) is 5.90. The minimum Gasteiger partial charge on any atom is -0.494 e. The van der Waals surface area contributed by atoms with Gasteiger partial charge in [-0.1, -0.05) is 35.9 Å². The molecule has 4 aromatic rings. The van der Waals surface area contributed by atoms with Gasteiger partial charge in [-0.15, -0.1) is 0 Å². The number of methoxy groups -OCH3 is 1. The summed E-state index contributed by atoms with van der Waals surface area (Å²) in [6.45, 7) is 0. The first-order valence-corrected chi connectivity index (χ1v) is 11.8. The molecule has 0 saturated heterocycles. The molecule has 0 atom stereocenters. The van der Waals surface area contributed by atoms with Gasteiger partial charge >= 0.3 is 0 Å². The monoisotopic (exact) mass is 550 g/mol. The van der Waals surface area contributed by atoms with Crippen molar-refractivity contribution in [1.82, 2.24) is 5.32 Å². The molecule has 12 heteroatoms. The Balaban J connectivity index is 1.41. The number of nitrogens with one attached hydrogen (secondary N) is 3. The number of benzene rings is 3. The van der Waals surface area contributed by atoms with Gasteiger partial charge in [0.05, 0.1) is 33.9 Å². The Morgan fingerprint density at radius 2 is 1.71 bits per heavy atom. The number of hydrogen-bond acceptors (Lipinski definition) is 7. The van der Waals surface area contributed by atoms with Gasteiger partial charge in [-0.3, -0.25) is 25.0 Å². The molecule has 3 aromatic carbocycles. The van der Waals surface area contributed by atoms with E-state index in [0.717, 1.165) is 0 Å². The highest BCUT2D eigenvalue weighted by Crippen LogP contribution is 2.31. The first-order valence-electron chi connectivity index (χ1n) is 11.0. The van der Waals surface area contributed by atoms with Gasteiger partial charge in [0.25, 0.3) is 17.5 Å². The molecule has 0 saturated carbocycles. The summed E-state index contributed by atoms with van der Waals surface area (Å²) in [6, 6.07) is 20.4. The Labute approximate surface area is 226 Å². The Morgan fingerprint density at radius 3 is 2.45 bits per heavy atom. The summed E-state index contributed by atoms with van der Waals surface area (Å²) < 4.78 is 10.9. The lowest BCUT2D eigenvalue weighted by atomic mass is 10.1. The number of thiocarbonyl (C=S) groups is 1. The van der Waals surface area contributed by atoms with Gasteiger partial charge in [0.15, 0.2) is 10.9 Å². The van der Waals surface area contributed by atoms with Gasteiger partial charge in [-0.25, -0.2) is 0 Å². The number of carbonyl (C=O) groups is 2. The van der Waals surface area contributed by atoms with E-state index in [1.54, 1.807) is 48.5 Å². The van der Waals surface area contributed by atoms with Crippen LogP contribution in [-0.2, 0) is 0 Å². The Kier molecular flexibility index (Phi) is 8.00. The van der Waals surface area contributed by atoms with E-state index in [0.29, 0.717) is 27.7 Å². The fourth-order valence-corrected chi connectivity index (χ4v) is 3.91. The lowest BCUT2D eigenvalue weighted by Gasteiger charge is -2.14. The summed E-state index contributed by atoms with van der Waals surface area (Å²) in [5.74, 6) is -0.637. The second-order valence-electron chi connectivity index (χ2n) is 7.70. The molecule has 192 valence electrons. The van der Waals surface area contributed by atoms with Crippen LogP contribution in [0.15, 0.2) is 83.3 Å². The average Bonchev–Trinajstić information content (AvgIpc) is 3.40. The summed E-state index contributed by atoms with van der Waals surface area (Å²) >= 11 is 11.3. The summed E-state index contributed by atoms with van der Waals surface area (Å²) in [6.07, 6.45) is 0. The molecule has 4 rings (SSSR count). The number of anilines is 2. The number of halogens is 1. The lowest BCUT2D eigenvalue weighted by molar-refractivity contribution is -0.384. The van der Waals surface area contributed by atoms with Crippen LogP contribution >= 0.6 is 23.8 Å². The number of nitrogens with zero attached hydrogens (tertiary/aromatic N) is 1. The Morgan fingerprint density at radius 1 is 0.974 bits per heavy atom. The third kappa shape index (κ3) is 5.97. The Bertz CT molecular complexity index is 1550. The number of hydrogen-bond donors (Lipinski definition) is 3. The van der Waals surface area contributed by atoms with Gasteiger partial charge in [0.1, 0.15) is 11.5 Å². The number of rotatable bonds is 7. The lowest BCUT2D eigenvalue weighted by Crippen LogP contribution is -2.33. The van der Waals surface area contributed by atoms with Crippen molar-refractivity contribution in [2.75, 3.05) is 17.7 Å². The van der Waals surface area contributed by atoms with Crippen LogP contribution in [0.2, 0.25) is 5.02 Å². The smallest absolute Gasteiger partial charge is 0.293 e. The number of ether oxygens (including phenoxy) is 1.